The van der Waals surface area contributed by atoms with Crippen molar-refractivity contribution in [1.29, 1.82) is 0 Å². The maximum atomic E-state index is 5.31. The largest absolute Gasteiger partial charge is 0.470 e. The maximum Gasteiger partial charge on any atom is 0.114 e. The molecule has 3 aromatic carbocycles. The number of nitrogens with zero attached hydrogens (tertiary/aromatic N) is 1. The zero-order valence-corrected chi connectivity index (χ0v) is 12.0. The van der Waals surface area contributed by atoms with Crippen molar-refractivity contribution in [2.75, 3.05) is 4.90 Å². The van der Waals surface area contributed by atoms with E-state index in [2.05, 4.69) is 59.5 Å². The van der Waals surface area contributed by atoms with Crippen molar-refractivity contribution < 1.29 is 4.42 Å². The quantitative estimate of drug-likeness (QED) is 0.465. The topological polar surface area (TPSA) is 16.4 Å². The molecule has 0 aliphatic rings. The summed E-state index contributed by atoms with van der Waals surface area (Å²) in [5.41, 5.74) is 3.27. The molecule has 0 saturated carbocycles. The molecule has 0 amide bonds. The predicted octanol–water partition coefficient (Wildman–Crippen LogP) is 5.90. The zero-order chi connectivity index (χ0) is 14.8. The molecule has 0 atom stereocenters. The Balaban J connectivity index is 1.98. The molecule has 0 fully saturated rings. The highest BCUT2D eigenvalue weighted by Crippen LogP contribution is 2.38. The molecule has 0 N–H and O–H groups in total. The molecule has 1 heterocycles. The molecule has 22 heavy (non-hydrogen) atoms. The average Bonchev–Trinajstić information content (AvgIpc) is 3.11. The van der Waals surface area contributed by atoms with Crippen LogP contribution in [0.5, 0.6) is 0 Å². The van der Waals surface area contributed by atoms with E-state index in [-0.39, 0.29) is 0 Å². The number of fused-ring (bicyclic) bond motifs is 1. The van der Waals surface area contributed by atoms with Gasteiger partial charge in [0.2, 0.25) is 0 Å². The van der Waals surface area contributed by atoms with Gasteiger partial charge in [0, 0.05) is 17.1 Å². The minimum atomic E-state index is 1.02. The van der Waals surface area contributed by atoms with Crippen molar-refractivity contribution in [2.24, 2.45) is 0 Å². The summed E-state index contributed by atoms with van der Waals surface area (Å²) in [6.45, 7) is 0. The summed E-state index contributed by atoms with van der Waals surface area (Å²) >= 11 is 0. The Hall–Kier alpha value is -3.00. The van der Waals surface area contributed by atoms with E-state index in [1.54, 1.807) is 12.5 Å². The summed E-state index contributed by atoms with van der Waals surface area (Å²) in [6.07, 6.45) is 3.48. The van der Waals surface area contributed by atoms with Gasteiger partial charge in [-0.25, -0.2) is 0 Å². The molecule has 4 rings (SSSR count). The SMILES string of the molecule is c1ccc(N(c2ccoc2)c2cccc3ccccc23)cc1. The molecule has 0 bridgehead atoms. The van der Waals surface area contributed by atoms with Gasteiger partial charge in [-0.1, -0.05) is 54.6 Å². The molecule has 0 saturated heterocycles. The van der Waals surface area contributed by atoms with Crippen LogP contribution in [0.15, 0.2) is 95.8 Å². The molecular formula is C20H15NO. The monoisotopic (exact) mass is 285 g/mol. The van der Waals surface area contributed by atoms with Crippen molar-refractivity contribution in [2.45, 2.75) is 0 Å². The van der Waals surface area contributed by atoms with Crippen LogP contribution in [0.1, 0.15) is 0 Å². The maximum absolute atomic E-state index is 5.31. The first-order valence-electron chi connectivity index (χ1n) is 7.28. The van der Waals surface area contributed by atoms with Crippen LogP contribution in [0.2, 0.25) is 0 Å². The number of furan rings is 1. The van der Waals surface area contributed by atoms with Crippen LogP contribution in [-0.2, 0) is 0 Å². The Labute approximate surface area is 129 Å². The van der Waals surface area contributed by atoms with Crippen molar-refractivity contribution in [1.82, 2.24) is 0 Å². The molecule has 0 spiro atoms. The molecule has 2 heteroatoms. The first-order valence-corrected chi connectivity index (χ1v) is 7.28. The molecule has 4 aromatic rings. The highest BCUT2D eigenvalue weighted by molar-refractivity contribution is 5.98. The van der Waals surface area contributed by atoms with Gasteiger partial charge in [-0.15, -0.1) is 0 Å². The van der Waals surface area contributed by atoms with Gasteiger partial charge in [0.05, 0.1) is 17.6 Å². The zero-order valence-electron chi connectivity index (χ0n) is 12.0. The van der Waals surface area contributed by atoms with E-state index in [1.807, 2.05) is 24.3 Å². The van der Waals surface area contributed by atoms with Gasteiger partial charge in [-0.05, 0) is 23.6 Å². The Morgan fingerprint density at radius 1 is 0.636 bits per heavy atom. The van der Waals surface area contributed by atoms with Crippen molar-refractivity contribution in [3.8, 4) is 0 Å². The second kappa shape index (κ2) is 5.41. The van der Waals surface area contributed by atoms with Gasteiger partial charge < -0.3 is 9.32 Å². The lowest BCUT2D eigenvalue weighted by molar-refractivity contribution is 0.567. The van der Waals surface area contributed by atoms with Crippen LogP contribution in [0.4, 0.5) is 17.1 Å². The van der Waals surface area contributed by atoms with Crippen LogP contribution >= 0.6 is 0 Å². The first kappa shape index (κ1) is 12.7. The molecule has 0 radical (unpaired) electrons. The number of para-hydroxylation sites is 1. The number of hydrogen-bond donors (Lipinski definition) is 0. The predicted molar refractivity (Wildman–Crippen MR) is 90.9 cm³/mol. The fourth-order valence-corrected chi connectivity index (χ4v) is 2.79. The molecule has 0 aliphatic carbocycles. The number of rotatable bonds is 3. The molecule has 2 nitrogen and oxygen atoms in total. The number of hydrogen-bond acceptors (Lipinski definition) is 2. The average molecular weight is 285 g/mol. The molecule has 106 valence electrons. The Morgan fingerprint density at radius 3 is 2.23 bits per heavy atom. The summed E-state index contributed by atoms with van der Waals surface area (Å²) in [4.78, 5) is 2.21. The minimum absolute atomic E-state index is 1.02. The lowest BCUT2D eigenvalue weighted by Gasteiger charge is -2.25. The normalized spacial score (nSPS) is 10.7. The van der Waals surface area contributed by atoms with Crippen LogP contribution in [0.3, 0.4) is 0 Å². The summed E-state index contributed by atoms with van der Waals surface area (Å²) in [7, 11) is 0. The fraction of sp³-hybridized carbons (Fsp3) is 0. The number of benzene rings is 3. The Morgan fingerprint density at radius 2 is 1.41 bits per heavy atom. The molecular weight excluding hydrogens is 270 g/mol. The van der Waals surface area contributed by atoms with E-state index < -0.39 is 0 Å². The van der Waals surface area contributed by atoms with Gasteiger partial charge in [0.25, 0.3) is 0 Å². The van der Waals surface area contributed by atoms with Crippen LogP contribution < -0.4 is 4.90 Å². The van der Waals surface area contributed by atoms with Gasteiger partial charge in [0.1, 0.15) is 6.26 Å². The van der Waals surface area contributed by atoms with E-state index >= 15 is 0 Å². The standard InChI is InChI=1S/C20H15NO/c1-2-9-17(10-3-1)21(18-13-14-22-15-18)20-12-6-8-16-7-4-5-11-19(16)20/h1-15H. The van der Waals surface area contributed by atoms with Crippen molar-refractivity contribution >= 4 is 27.8 Å². The van der Waals surface area contributed by atoms with E-state index in [0.717, 1.165) is 17.1 Å². The summed E-state index contributed by atoms with van der Waals surface area (Å²) in [6, 6.07) is 27.1. The molecule has 0 aliphatic heterocycles. The van der Waals surface area contributed by atoms with Crippen molar-refractivity contribution in [3.63, 3.8) is 0 Å². The van der Waals surface area contributed by atoms with Gasteiger partial charge in [-0.3, -0.25) is 0 Å². The summed E-state index contributed by atoms with van der Waals surface area (Å²) < 4.78 is 5.31. The molecule has 1 aromatic heterocycles. The summed E-state index contributed by atoms with van der Waals surface area (Å²) in [5.74, 6) is 0. The smallest absolute Gasteiger partial charge is 0.114 e. The van der Waals surface area contributed by atoms with Crippen molar-refractivity contribution in [3.05, 3.63) is 91.4 Å². The highest BCUT2D eigenvalue weighted by atomic mass is 16.3. The van der Waals surface area contributed by atoms with Gasteiger partial charge in [-0.2, -0.15) is 0 Å². The molecule has 0 unspecified atom stereocenters. The van der Waals surface area contributed by atoms with E-state index in [1.165, 1.54) is 10.8 Å². The lowest BCUT2D eigenvalue weighted by atomic mass is 10.1. The number of anilines is 3. The second-order valence-corrected chi connectivity index (χ2v) is 5.15. The Bertz CT molecular complexity index is 877. The lowest BCUT2D eigenvalue weighted by Crippen LogP contribution is -2.09. The summed E-state index contributed by atoms with van der Waals surface area (Å²) in [5, 5.41) is 2.44. The van der Waals surface area contributed by atoms with E-state index in [4.69, 9.17) is 4.42 Å². The highest BCUT2D eigenvalue weighted by Gasteiger charge is 2.15. The Kier molecular flexibility index (Phi) is 3.13. The van der Waals surface area contributed by atoms with Crippen LogP contribution in [-0.4, -0.2) is 0 Å². The van der Waals surface area contributed by atoms with Gasteiger partial charge in [0.15, 0.2) is 0 Å². The third kappa shape index (κ3) is 2.15. The second-order valence-electron chi connectivity index (χ2n) is 5.15. The third-order valence-electron chi connectivity index (χ3n) is 3.79. The minimum Gasteiger partial charge on any atom is -0.470 e. The van der Waals surface area contributed by atoms with E-state index in [0.29, 0.717) is 0 Å². The third-order valence-corrected chi connectivity index (χ3v) is 3.79. The van der Waals surface area contributed by atoms with E-state index in [9.17, 15) is 0 Å². The van der Waals surface area contributed by atoms with Crippen LogP contribution in [0.25, 0.3) is 10.8 Å². The fourth-order valence-electron chi connectivity index (χ4n) is 2.79. The first-order chi connectivity index (χ1) is 10.9. The van der Waals surface area contributed by atoms with Gasteiger partial charge >= 0.3 is 0 Å². The van der Waals surface area contributed by atoms with Crippen LogP contribution in [0, 0.1) is 0 Å².